The number of carbonyl (C=O) groups excluding carboxylic acids is 1. The van der Waals surface area contributed by atoms with Crippen molar-refractivity contribution in [2.24, 2.45) is 7.05 Å². The molecule has 0 atom stereocenters. The minimum Gasteiger partial charge on any atom is -0.320 e. The number of nitrogens with zero attached hydrogens (tertiary/aromatic N) is 4. The van der Waals surface area contributed by atoms with E-state index in [0.717, 1.165) is 40.6 Å². The van der Waals surface area contributed by atoms with Crippen LogP contribution in [-0.2, 0) is 7.05 Å². The van der Waals surface area contributed by atoms with Crippen molar-refractivity contribution in [1.82, 2.24) is 25.0 Å². The van der Waals surface area contributed by atoms with Gasteiger partial charge in [0.2, 0.25) is 0 Å². The highest BCUT2D eigenvalue weighted by Crippen LogP contribution is 2.44. The second kappa shape index (κ2) is 7.09. The third-order valence-corrected chi connectivity index (χ3v) is 4.83. The van der Waals surface area contributed by atoms with Gasteiger partial charge >= 0.3 is 0 Å². The normalized spacial score (nSPS) is 13.3. The van der Waals surface area contributed by atoms with Gasteiger partial charge in [0.25, 0.3) is 5.91 Å². The van der Waals surface area contributed by atoms with E-state index in [2.05, 4.69) is 31.7 Å². The zero-order valence-corrected chi connectivity index (χ0v) is 16.0. The van der Waals surface area contributed by atoms with Gasteiger partial charge in [-0.15, -0.1) is 12.4 Å². The fraction of sp³-hybridized carbons (Fsp3) is 0.200. The third-order valence-electron chi connectivity index (χ3n) is 4.83. The quantitative estimate of drug-likeness (QED) is 0.549. The molecule has 4 aromatic rings. The molecule has 3 heterocycles. The van der Waals surface area contributed by atoms with Crippen molar-refractivity contribution in [1.29, 1.82) is 0 Å². The summed E-state index contributed by atoms with van der Waals surface area (Å²) >= 11 is 0. The van der Waals surface area contributed by atoms with Crippen molar-refractivity contribution in [2.75, 3.05) is 5.32 Å². The van der Waals surface area contributed by atoms with Crippen LogP contribution < -0.4 is 5.32 Å². The molecule has 1 fully saturated rings. The molecule has 1 amide bonds. The van der Waals surface area contributed by atoms with Crippen LogP contribution in [0.25, 0.3) is 22.2 Å². The summed E-state index contributed by atoms with van der Waals surface area (Å²) in [6, 6.07) is 9.51. The first-order chi connectivity index (χ1) is 13.2. The Morgan fingerprint density at radius 2 is 2.14 bits per heavy atom. The summed E-state index contributed by atoms with van der Waals surface area (Å²) in [6.07, 6.45) is 7.70. The summed E-state index contributed by atoms with van der Waals surface area (Å²) in [5.74, 6) is 0.280. The van der Waals surface area contributed by atoms with Crippen LogP contribution in [0.15, 0.2) is 48.9 Å². The highest BCUT2D eigenvalue weighted by atomic mass is 35.5. The number of H-pyrrole nitrogens is 1. The first kappa shape index (κ1) is 18.2. The number of benzene rings is 1. The van der Waals surface area contributed by atoms with Gasteiger partial charge in [-0.1, -0.05) is 6.07 Å². The Hall–Kier alpha value is -3.19. The number of carbonyl (C=O) groups is 1. The monoisotopic (exact) mass is 394 g/mol. The second-order valence-electron chi connectivity index (χ2n) is 6.92. The van der Waals surface area contributed by atoms with Crippen LogP contribution in [0.5, 0.6) is 0 Å². The maximum Gasteiger partial charge on any atom is 0.274 e. The van der Waals surface area contributed by atoms with Crippen LogP contribution in [0.2, 0.25) is 0 Å². The molecule has 1 saturated carbocycles. The van der Waals surface area contributed by atoms with Crippen LogP contribution >= 0.6 is 12.4 Å². The number of nitrogens with one attached hydrogen (secondary N) is 2. The van der Waals surface area contributed by atoms with E-state index >= 15 is 0 Å². The molecular formula is C20H19ClN6O. The first-order valence-electron chi connectivity index (χ1n) is 8.92. The molecule has 8 heteroatoms. The molecule has 0 radical (unpaired) electrons. The van der Waals surface area contributed by atoms with Gasteiger partial charge in [0, 0.05) is 36.1 Å². The number of rotatable bonds is 4. The van der Waals surface area contributed by atoms with Gasteiger partial charge in [-0.2, -0.15) is 10.2 Å². The molecule has 28 heavy (non-hydrogen) atoms. The number of amides is 1. The highest BCUT2D eigenvalue weighted by molar-refractivity contribution is 6.04. The molecule has 1 aliphatic rings. The topological polar surface area (TPSA) is 88.5 Å². The van der Waals surface area contributed by atoms with Crippen molar-refractivity contribution in [3.8, 4) is 11.3 Å². The van der Waals surface area contributed by atoms with E-state index in [1.807, 2.05) is 31.4 Å². The van der Waals surface area contributed by atoms with Crippen molar-refractivity contribution >= 4 is 34.9 Å². The van der Waals surface area contributed by atoms with Crippen LogP contribution in [0, 0.1) is 0 Å². The highest BCUT2D eigenvalue weighted by Gasteiger charge is 2.27. The van der Waals surface area contributed by atoms with Gasteiger partial charge in [0.1, 0.15) is 5.69 Å². The molecule has 0 aliphatic heterocycles. The van der Waals surface area contributed by atoms with Crippen molar-refractivity contribution < 1.29 is 4.79 Å². The standard InChI is InChI=1S/C20H18N6O.ClH/c1-26-11-13-7-19(15(12-5-6-12)8-18(13)25-26)24-20(27)17-4-2-3-16(23-17)14-9-21-22-10-14;/h2-4,7-12H,5-6H2,1H3,(H,21,22)(H,24,27);1H. The van der Waals surface area contributed by atoms with E-state index in [1.165, 1.54) is 0 Å². The summed E-state index contributed by atoms with van der Waals surface area (Å²) in [5.41, 5.74) is 4.89. The molecular weight excluding hydrogens is 376 g/mol. The average Bonchev–Trinajstić information content (AvgIpc) is 3.23. The Labute approximate surface area is 167 Å². The Morgan fingerprint density at radius 3 is 2.89 bits per heavy atom. The molecule has 1 aromatic carbocycles. The number of aromatic amines is 1. The van der Waals surface area contributed by atoms with E-state index < -0.39 is 0 Å². The van der Waals surface area contributed by atoms with Crippen molar-refractivity contribution in [3.63, 3.8) is 0 Å². The lowest BCUT2D eigenvalue weighted by molar-refractivity contribution is 0.102. The molecule has 0 bridgehead atoms. The predicted octanol–water partition coefficient (Wildman–Crippen LogP) is 3.91. The zero-order chi connectivity index (χ0) is 18.4. The van der Waals surface area contributed by atoms with Gasteiger partial charge in [0.05, 0.1) is 17.4 Å². The molecule has 0 saturated heterocycles. The van der Waals surface area contributed by atoms with E-state index in [1.54, 1.807) is 23.1 Å². The number of aryl methyl sites for hydroxylation is 1. The fourth-order valence-corrected chi connectivity index (χ4v) is 3.35. The lowest BCUT2D eigenvalue weighted by Crippen LogP contribution is -2.15. The lowest BCUT2D eigenvalue weighted by atomic mass is 10.1. The Bertz CT molecular complexity index is 1150. The molecule has 7 nitrogen and oxygen atoms in total. The van der Waals surface area contributed by atoms with Gasteiger partial charge < -0.3 is 5.32 Å². The molecule has 1 aliphatic carbocycles. The lowest BCUT2D eigenvalue weighted by Gasteiger charge is -2.11. The van der Waals surface area contributed by atoms with E-state index in [9.17, 15) is 4.79 Å². The molecule has 0 unspecified atom stereocenters. The Kier molecular flexibility index (Phi) is 4.60. The minimum absolute atomic E-state index is 0. The maximum atomic E-state index is 12.9. The third kappa shape index (κ3) is 3.36. The van der Waals surface area contributed by atoms with Gasteiger partial charge in [-0.05, 0) is 48.6 Å². The van der Waals surface area contributed by atoms with Crippen LogP contribution in [0.3, 0.4) is 0 Å². The number of halogens is 1. The van der Waals surface area contributed by atoms with E-state index in [-0.39, 0.29) is 18.3 Å². The number of hydrogen-bond donors (Lipinski definition) is 2. The molecule has 2 N–H and O–H groups in total. The number of aromatic nitrogens is 5. The molecule has 3 aromatic heterocycles. The number of pyridine rings is 1. The van der Waals surface area contributed by atoms with Crippen molar-refractivity contribution in [2.45, 2.75) is 18.8 Å². The summed E-state index contributed by atoms with van der Waals surface area (Å²) in [5, 5.41) is 15.3. The predicted molar refractivity (Wildman–Crippen MR) is 110 cm³/mol. The van der Waals surface area contributed by atoms with Gasteiger partial charge in [0.15, 0.2) is 0 Å². The zero-order valence-electron chi connectivity index (χ0n) is 15.2. The SMILES string of the molecule is Cl.Cn1cc2cc(NC(=O)c3cccc(-c4cn[nH]c4)n3)c(C3CC3)cc2n1. The summed E-state index contributed by atoms with van der Waals surface area (Å²) < 4.78 is 1.79. The summed E-state index contributed by atoms with van der Waals surface area (Å²) in [6.45, 7) is 0. The number of fused-ring (bicyclic) bond motifs is 1. The van der Waals surface area contributed by atoms with Gasteiger partial charge in [-0.3, -0.25) is 14.6 Å². The van der Waals surface area contributed by atoms with Crippen LogP contribution in [0.4, 0.5) is 5.69 Å². The maximum absolute atomic E-state index is 12.9. The summed E-state index contributed by atoms with van der Waals surface area (Å²) in [7, 11) is 1.90. The first-order valence-corrected chi connectivity index (χ1v) is 8.92. The molecule has 0 spiro atoms. The Morgan fingerprint density at radius 1 is 1.29 bits per heavy atom. The number of anilines is 1. The number of hydrogen-bond acceptors (Lipinski definition) is 4. The summed E-state index contributed by atoms with van der Waals surface area (Å²) in [4.78, 5) is 17.3. The largest absolute Gasteiger partial charge is 0.320 e. The Balaban J connectivity index is 0.00000192. The van der Waals surface area contributed by atoms with Gasteiger partial charge in [-0.25, -0.2) is 4.98 Å². The van der Waals surface area contributed by atoms with Crippen molar-refractivity contribution in [3.05, 3.63) is 60.2 Å². The average molecular weight is 395 g/mol. The fourth-order valence-electron chi connectivity index (χ4n) is 3.35. The van der Waals surface area contributed by atoms with E-state index in [4.69, 9.17) is 0 Å². The minimum atomic E-state index is -0.217. The van der Waals surface area contributed by atoms with E-state index in [0.29, 0.717) is 17.3 Å². The molecule has 5 rings (SSSR count). The van der Waals surface area contributed by atoms with Crippen LogP contribution in [0.1, 0.15) is 34.8 Å². The smallest absolute Gasteiger partial charge is 0.274 e. The van der Waals surface area contributed by atoms with Crippen LogP contribution in [-0.4, -0.2) is 30.9 Å². The molecule has 142 valence electrons. The second-order valence-corrected chi connectivity index (χ2v) is 6.92.